The second-order valence-corrected chi connectivity index (χ2v) is 7.46. The largest absolute Gasteiger partial charge is 0.297 e. The van der Waals surface area contributed by atoms with Gasteiger partial charge in [0, 0.05) is 34.9 Å². The third kappa shape index (κ3) is 6.49. The Bertz CT molecular complexity index is 708. The van der Waals surface area contributed by atoms with Crippen molar-refractivity contribution in [2.75, 3.05) is 6.61 Å². The first-order valence-electron chi connectivity index (χ1n) is 8.52. The average molecular weight is 357 g/mol. The van der Waals surface area contributed by atoms with E-state index >= 15 is 0 Å². The summed E-state index contributed by atoms with van der Waals surface area (Å²) in [6.07, 6.45) is 7.98. The van der Waals surface area contributed by atoms with Crippen LogP contribution in [0.4, 0.5) is 0 Å². The van der Waals surface area contributed by atoms with E-state index in [9.17, 15) is 8.42 Å². The molecule has 0 atom stereocenters. The van der Waals surface area contributed by atoms with Gasteiger partial charge in [0.2, 0.25) is 0 Å². The molecule has 0 amide bonds. The van der Waals surface area contributed by atoms with E-state index in [0.29, 0.717) is 0 Å². The summed E-state index contributed by atoms with van der Waals surface area (Å²) in [6, 6.07) is 12.7. The van der Waals surface area contributed by atoms with E-state index in [4.69, 9.17) is 4.18 Å². The topological polar surface area (TPSA) is 43.4 Å². The van der Waals surface area contributed by atoms with E-state index in [1.54, 1.807) is 12.1 Å². The van der Waals surface area contributed by atoms with E-state index in [2.05, 4.69) is 6.92 Å². The molecule has 127 valence electrons. The van der Waals surface area contributed by atoms with E-state index in [-0.39, 0.29) is 41.1 Å². The van der Waals surface area contributed by atoms with Gasteiger partial charge in [0.1, 0.15) is 4.90 Å². The SMILES string of the molecule is CCCCCCCCCOS(=O)(=O)c1cccc2ccccc12.[Na]. The van der Waals surface area contributed by atoms with Gasteiger partial charge in [0.05, 0.1) is 6.61 Å². The van der Waals surface area contributed by atoms with Gasteiger partial charge in [-0.05, 0) is 17.9 Å². The third-order valence-corrected chi connectivity index (χ3v) is 5.38. The first-order valence-corrected chi connectivity index (χ1v) is 9.93. The maximum Gasteiger partial charge on any atom is 0.297 e. The van der Waals surface area contributed by atoms with Gasteiger partial charge < -0.3 is 0 Å². The van der Waals surface area contributed by atoms with E-state index in [1.165, 1.54) is 25.7 Å². The molecule has 0 bridgehead atoms. The number of benzene rings is 2. The van der Waals surface area contributed by atoms with Gasteiger partial charge in [-0.15, -0.1) is 0 Å². The van der Waals surface area contributed by atoms with Crippen LogP contribution < -0.4 is 0 Å². The van der Waals surface area contributed by atoms with Crippen LogP contribution in [0.25, 0.3) is 10.8 Å². The minimum Gasteiger partial charge on any atom is -0.266 e. The molecule has 1 radical (unpaired) electrons. The second-order valence-electron chi connectivity index (χ2n) is 5.87. The Balaban J connectivity index is 0.00000288. The molecule has 0 aliphatic rings. The van der Waals surface area contributed by atoms with Gasteiger partial charge in [-0.2, -0.15) is 8.42 Å². The Hall–Kier alpha value is -0.390. The Kier molecular flexibility index (Phi) is 10.2. The van der Waals surface area contributed by atoms with Crippen molar-refractivity contribution in [1.82, 2.24) is 0 Å². The quantitative estimate of drug-likeness (QED) is 0.344. The van der Waals surface area contributed by atoms with Gasteiger partial charge in [-0.25, -0.2) is 0 Å². The minimum absolute atomic E-state index is 0. The van der Waals surface area contributed by atoms with Crippen LogP contribution in [0.15, 0.2) is 47.4 Å². The zero-order valence-electron chi connectivity index (χ0n) is 14.8. The molecule has 2 aromatic rings. The Morgan fingerprint density at radius 2 is 1.46 bits per heavy atom. The van der Waals surface area contributed by atoms with Crippen LogP contribution >= 0.6 is 0 Å². The molecule has 0 aliphatic heterocycles. The van der Waals surface area contributed by atoms with Gasteiger partial charge in [-0.3, -0.25) is 4.18 Å². The standard InChI is InChI=1S/C19H26O3S.Na/c1-2-3-4-5-6-7-10-16-22-23(20,21)19-15-11-13-17-12-8-9-14-18(17)19;/h8-9,11-15H,2-7,10,16H2,1H3;. The van der Waals surface area contributed by atoms with Gasteiger partial charge in [0.25, 0.3) is 10.1 Å². The fourth-order valence-corrected chi connectivity index (χ4v) is 3.87. The molecule has 24 heavy (non-hydrogen) atoms. The monoisotopic (exact) mass is 357 g/mol. The van der Waals surface area contributed by atoms with E-state index in [1.807, 2.05) is 30.3 Å². The fourth-order valence-electron chi connectivity index (χ4n) is 2.70. The van der Waals surface area contributed by atoms with Crippen molar-refractivity contribution in [1.29, 1.82) is 0 Å². The zero-order chi connectivity index (χ0) is 16.5. The summed E-state index contributed by atoms with van der Waals surface area (Å²) in [5, 5.41) is 1.63. The number of fused-ring (bicyclic) bond motifs is 1. The number of rotatable bonds is 10. The molecule has 0 aromatic heterocycles. The molecule has 0 fully saturated rings. The molecular formula is C19H26NaO3S. The summed E-state index contributed by atoms with van der Waals surface area (Å²) in [6.45, 7) is 2.46. The maximum absolute atomic E-state index is 12.4. The molecule has 5 heteroatoms. The minimum atomic E-state index is -3.69. The van der Waals surface area contributed by atoms with Crippen molar-refractivity contribution in [2.24, 2.45) is 0 Å². The fraction of sp³-hybridized carbons (Fsp3) is 0.474. The number of hydrogen-bond donors (Lipinski definition) is 0. The molecule has 0 heterocycles. The second kappa shape index (κ2) is 11.3. The summed E-state index contributed by atoms with van der Waals surface area (Å²) in [4.78, 5) is 0.263. The molecule has 2 rings (SSSR count). The maximum atomic E-state index is 12.4. The summed E-state index contributed by atoms with van der Waals surface area (Å²) in [5.74, 6) is 0. The smallest absolute Gasteiger partial charge is 0.266 e. The van der Waals surface area contributed by atoms with Crippen LogP contribution in [0.5, 0.6) is 0 Å². The Labute approximate surface area is 168 Å². The van der Waals surface area contributed by atoms with E-state index in [0.717, 1.165) is 30.0 Å². The van der Waals surface area contributed by atoms with Gasteiger partial charge in [0.15, 0.2) is 0 Å². The van der Waals surface area contributed by atoms with Crippen LogP contribution in [0.2, 0.25) is 0 Å². The molecule has 0 spiro atoms. The van der Waals surface area contributed by atoms with Gasteiger partial charge in [-0.1, -0.05) is 81.8 Å². The first-order chi connectivity index (χ1) is 11.1. The van der Waals surface area contributed by atoms with Crippen molar-refractivity contribution in [3.63, 3.8) is 0 Å². The van der Waals surface area contributed by atoms with Crippen LogP contribution in [0, 0.1) is 0 Å². The van der Waals surface area contributed by atoms with Gasteiger partial charge >= 0.3 is 0 Å². The predicted molar refractivity (Wildman–Crippen MR) is 101 cm³/mol. The average Bonchev–Trinajstić information content (AvgIpc) is 2.56. The number of hydrogen-bond acceptors (Lipinski definition) is 3. The van der Waals surface area contributed by atoms with E-state index < -0.39 is 10.1 Å². The van der Waals surface area contributed by atoms with Crippen molar-refractivity contribution >= 4 is 50.4 Å². The summed E-state index contributed by atoms with van der Waals surface area (Å²) >= 11 is 0. The predicted octanol–water partition coefficient (Wildman–Crippen LogP) is 4.91. The third-order valence-electron chi connectivity index (χ3n) is 4.01. The molecule has 0 unspecified atom stereocenters. The summed E-state index contributed by atoms with van der Waals surface area (Å²) in [7, 11) is -3.69. The normalized spacial score (nSPS) is 11.4. The molecule has 2 aromatic carbocycles. The summed E-state index contributed by atoms with van der Waals surface area (Å²) in [5.41, 5.74) is 0. The van der Waals surface area contributed by atoms with Crippen LogP contribution in [0.1, 0.15) is 51.9 Å². The van der Waals surface area contributed by atoms with Crippen molar-refractivity contribution in [3.05, 3.63) is 42.5 Å². The molecule has 0 saturated heterocycles. The summed E-state index contributed by atoms with van der Waals surface area (Å²) < 4.78 is 30.0. The van der Waals surface area contributed by atoms with Crippen molar-refractivity contribution in [2.45, 2.75) is 56.8 Å². The van der Waals surface area contributed by atoms with Crippen LogP contribution in [0.3, 0.4) is 0 Å². The number of unbranched alkanes of at least 4 members (excludes halogenated alkanes) is 6. The molecule has 0 saturated carbocycles. The van der Waals surface area contributed by atoms with Crippen LogP contribution in [-0.2, 0) is 14.3 Å². The van der Waals surface area contributed by atoms with Crippen molar-refractivity contribution < 1.29 is 12.6 Å². The Morgan fingerprint density at radius 1 is 0.833 bits per heavy atom. The molecule has 0 N–H and O–H groups in total. The Morgan fingerprint density at radius 3 is 2.21 bits per heavy atom. The molecule has 0 aliphatic carbocycles. The van der Waals surface area contributed by atoms with Crippen LogP contribution in [-0.4, -0.2) is 44.6 Å². The first kappa shape index (κ1) is 21.7. The zero-order valence-corrected chi connectivity index (χ0v) is 17.6. The molecular weight excluding hydrogens is 331 g/mol. The molecule has 3 nitrogen and oxygen atoms in total. The van der Waals surface area contributed by atoms with Crippen molar-refractivity contribution in [3.8, 4) is 0 Å².